The summed E-state index contributed by atoms with van der Waals surface area (Å²) in [4.78, 5) is 11.0. The van der Waals surface area contributed by atoms with Gasteiger partial charge in [-0.2, -0.15) is 5.10 Å². The number of aliphatic imine (C=N–C) groups is 1. The van der Waals surface area contributed by atoms with Gasteiger partial charge in [0.05, 0.1) is 19.3 Å². The summed E-state index contributed by atoms with van der Waals surface area (Å²) < 4.78 is 1.67. The maximum atomic E-state index is 10.7. The van der Waals surface area contributed by atoms with Crippen LogP contribution in [0.1, 0.15) is 25.0 Å². The first-order valence-corrected chi connectivity index (χ1v) is 8.68. The molecule has 0 fully saturated rings. The Morgan fingerprint density at radius 3 is 2.77 bits per heavy atom. The van der Waals surface area contributed by atoms with E-state index in [1.165, 1.54) is 0 Å². The zero-order valence-electron chi connectivity index (χ0n) is 16.2. The molecule has 2 heterocycles. The minimum Gasteiger partial charge on any atom is -0.383 e. The summed E-state index contributed by atoms with van der Waals surface area (Å²) in [5.74, 6) is 1.54. The molecule has 0 aliphatic heterocycles. The van der Waals surface area contributed by atoms with Crippen molar-refractivity contribution < 1.29 is 5.11 Å². The zero-order chi connectivity index (χ0) is 19.2. The molecule has 0 aliphatic carbocycles. The molecule has 0 aliphatic rings. The van der Waals surface area contributed by atoms with E-state index in [1.807, 2.05) is 51.3 Å². The van der Waals surface area contributed by atoms with Gasteiger partial charge in [-0.1, -0.05) is 6.07 Å². The van der Waals surface area contributed by atoms with Gasteiger partial charge in [0.2, 0.25) is 0 Å². The molecule has 0 amide bonds. The quantitative estimate of drug-likeness (QED) is 0.501. The number of aromatic nitrogens is 3. The van der Waals surface area contributed by atoms with E-state index in [0.717, 1.165) is 23.5 Å². The van der Waals surface area contributed by atoms with Crippen LogP contribution in [0.5, 0.6) is 0 Å². The number of rotatable bonds is 7. The monoisotopic (exact) mass is 359 g/mol. The molecule has 1 atom stereocenters. The smallest absolute Gasteiger partial charge is 0.191 e. The molecule has 1 unspecified atom stereocenters. The number of nitrogens with zero attached hydrogens (tertiary/aromatic N) is 5. The number of aliphatic hydroxyl groups is 1. The molecule has 0 saturated carbocycles. The Kier molecular flexibility index (Phi) is 6.57. The first-order valence-electron chi connectivity index (χ1n) is 8.68. The number of anilines is 1. The van der Waals surface area contributed by atoms with Gasteiger partial charge in [0.15, 0.2) is 5.96 Å². The minimum absolute atomic E-state index is 0.318. The summed E-state index contributed by atoms with van der Waals surface area (Å²) in [6.07, 6.45) is 5.26. The highest BCUT2D eigenvalue weighted by Crippen LogP contribution is 2.18. The summed E-state index contributed by atoms with van der Waals surface area (Å²) in [5, 5.41) is 21.2. The van der Waals surface area contributed by atoms with E-state index < -0.39 is 5.60 Å². The van der Waals surface area contributed by atoms with Gasteiger partial charge in [-0.15, -0.1) is 0 Å². The second kappa shape index (κ2) is 8.66. The molecule has 3 N–H and O–H groups in total. The van der Waals surface area contributed by atoms with Gasteiger partial charge in [-0.05, 0) is 19.9 Å². The van der Waals surface area contributed by atoms with Crippen LogP contribution in [0.2, 0.25) is 0 Å². The number of guanidine groups is 1. The molecular weight excluding hydrogens is 330 g/mol. The Hall–Kier alpha value is -2.61. The number of nitrogens with one attached hydrogen (secondary N) is 2. The molecule has 2 aromatic heterocycles. The molecule has 0 spiro atoms. The fourth-order valence-corrected chi connectivity index (χ4v) is 2.52. The number of hydrogen-bond donors (Lipinski definition) is 3. The Bertz CT molecular complexity index is 737. The average Bonchev–Trinajstić information content (AvgIpc) is 3.05. The van der Waals surface area contributed by atoms with Gasteiger partial charge in [0.1, 0.15) is 11.4 Å². The van der Waals surface area contributed by atoms with E-state index in [4.69, 9.17) is 0 Å². The van der Waals surface area contributed by atoms with Crippen LogP contribution in [-0.4, -0.2) is 53.0 Å². The standard InChI is InChI=1S/C18H29N7O/c1-6-19-17(21-10-14-8-7-9-20-16(14)24(3)4)22-13-18(2,26)15-11-23-25(5)12-15/h7-9,11-12,26H,6,10,13H2,1-5H3,(H2,19,21,22). The third-order valence-corrected chi connectivity index (χ3v) is 3.97. The van der Waals surface area contributed by atoms with Crippen molar-refractivity contribution >= 4 is 11.8 Å². The molecule has 26 heavy (non-hydrogen) atoms. The van der Waals surface area contributed by atoms with Gasteiger partial charge in [0, 0.05) is 51.2 Å². The lowest BCUT2D eigenvalue weighted by molar-refractivity contribution is 0.0616. The highest BCUT2D eigenvalue weighted by Gasteiger charge is 2.25. The molecule has 2 aromatic rings. The predicted octanol–water partition coefficient (Wildman–Crippen LogP) is 0.844. The highest BCUT2D eigenvalue weighted by molar-refractivity contribution is 5.79. The molecule has 0 bridgehead atoms. The molecule has 0 aromatic carbocycles. The highest BCUT2D eigenvalue weighted by atomic mass is 16.3. The summed E-state index contributed by atoms with van der Waals surface area (Å²) in [6, 6.07) is 3.92. The van der Waals surface area contributed by atoms with Crippen molar-refractivity contribution in [3.05, 3.63) is 41.9 Å². The number of pyridine rings is 1. The summed E-state index contributed by atoms with van der Waals surface area (Å²) >= 11 is 0. The van der Waals surface area contributed by atoms with Crippen LogP contribution in [0, 0.1) is 0 Å². The van der Waals surface area contributed by atoms with Gasteiger partial charge < -0.3 is 20.6 Å². The molecule has 8 nitrogen and oxygen atoms in total. The first-order chi connectivity index (χ1) is 12.3. The maximum Gasteiger partial charge on any atom is 0.191 e. The van der Waals surface area contributed by atoms with Crippen LogP contribution in [0.4, 0.5) is 5.82 Å². The van der Waals surface area contributed by atoms with Gasteiger partial charge in [-0.25, -0.2) is 9.98 Å². The van der Waals surface area contributed by atoms with Crippen molar-refractivity contribution in [2.75, 3.05) is 32.1 Å². The predicted molar refractivity (Wildman–Crippen MR) is 104 cm³/mol. The van der Waals surface area contributed by atoms with Crippen LogP contribution in [-0.2, 0) is 19.2 Å². The fraction of sp³-hybridized carbons (Fsp3) is 0.500. The van der Waals surface area contributed by atoms with Crippen LogP contribution < -0.4 is 15.5 Å². The molecule has 0 saturated heterocycles. The zero-order valence-corrected chi connectivity index (χ0v) is 16.2. The minimum atomic E-state index is -1.05. The van der Waals surface area contributed by atoms with E-state index in [9.17, 15) is 5.11 Å². The van der Waals surface area contributed by atoms with Gasteiger partial charge in [0.25, 0.3) is 0 Å². The van der Waals surface area contributed by atoms with Crippen molar-refractivity contribution in [3.63, 3.8) is 0 Å². The summed E-state index contributed by atoms with van der Waals surface area (Å²) in [6.45, 7) is 5.30. The molecule has 2 rings (SSSR count). The molecule has 142 valence electrons. The van der Waals surface area contributed by atoms with Crippen LogP contribution >= 0.6 is 0 Å². The third-order valence-electron chi connectivity index (χ3n) is 3.97. The van der Waals surface area contributed by atoms with Crippen molar-refractivity contribution in [3.8, 4) is 0 Å². The van der Waals surface area contributed by atoms with Crippen molar-refractivity contribution in [2.24, 2.45) is 12.0 Å². The SMILES string of the molecule is CCNC(=NCc1cccnc1N(C)C)NCC(C)(O)c1cnn(C)c1. The molecular formula is C18H29N7O. The number of aryl methyl sites for hydroxylation is 1. The number of hydrogen-bond acceptors (Lipinski definition) is 5. The van der Waals surface area contributed by atoms with Crippen molar-refractivity contribution in [1.29, 1.82) is 0 Å². The first kappa shape index (κ1) is 19.7. The topological polar surface area (TPSA) is 90.6 Å². The molecule has 8 heteroatoms. The van der Waals surface area contributed by atoms with Gasteiger partial charge in [-0.3, -0.25) is 4.68 Å². The van der Waals surface area contributed by atoms with Crippen molar-refractivity contribution in [1.82, 2.24) is 25.4 Å². The largest absolute Gasteiger partial charge is 0.383 e. The lowest BCUT2D eigenvalue weighted by Gasteiger charge is -2.24. The normalized spacial score (nSPS) is 14.0. The van der Waals surface area contributed by atoms with E-state index in [2.05, 4.69) is 25.7 Å². The van der Waals surface area contributed by atoms with E-state index in [0.29, 0.717) is 19.0 Å². The van der Waals surface area contributed by atoms with Crippen molar-refractivity contribution in [2.45, 2.75) is 26.0 Å². The Morgan fingerprint density at radius 1 is 1.38 bits per heavy atom. The van der Waals surface area contributed by atoms with E-state index >= 15 is 0 Å². The van der Waals surface area contributed by atoms with Gasteiger partial charge >= 0.3 is 0 Å². The third kappa shape index (κ3) is 5.19. The van der Waals surface area contributed by atoms with E-state index in [-0.39, 0.29) is 0 Å². The Labute approximate surface area is 155 Å². The second-order valence-electron chi connectivity index (χ2n) is 6.61. The lowest BCUT2D eigenvalue weighted by atomic mass is 10.00. The average molecular weight is 359 g/mol. The van der Waals surface area contributed by atoms with Crippen LogP contribution in [0.3, 0.4) is 0 Å². The summed E-state index contributed by atoms with van der Waals surface area (Å²) in [7, 11) is 5.75. The van der Waals surface area contributed by atoms with E-state index in [1.54, 1.807) is 24.0 Å². The lowest BCUT2D eigenvalue weighted by Crippen LogP contribution is -2.44. The fourth-order valence-electron chi connectivity index (χ4n) is 2.52. The Morgan fingerprint density at radius 2 is 2.15 bits per heavy atom. The second-order valence-corrected chi connectivity index (χ2v) is 6.61. The van der Waals surface area contributed by atoms with Crippen LogP contribution in [0.25, 0.3) is 0 Å². The van der Waals surface area contributed by atoms with Crippen LogP contribution in [0.15, 0.2) is 35.7 Å². The maximum absolute atomic E-state index is 10.7. The molecule has 0 radical (unpaired) electrons. The Balaban J connectivity index is 2.07. The summed E-state index contributed by atoms with van der Waals surface area (Å²) in [5.41, 5.74) is 0.743.